The fraction of sp³-hybridized carbons (Fsp3) is 0.333. The van der Waals surface area contributed by atoms with Crippen LogP contribution in [0.15, 0.2) is 84.9 Å². The minimum Gasteiger partial charge on any atom is -0.207 e. The van der Waals surface area contributed by atoms with E-state index >= 15 is 4.39 Å². The summed E-state index contributed by atoms with van der Waals surface area (Å²) in [5.74, 6) is 1.53. The van der Waals surface area contributed by atoms with Crippen LogP contribution in [0.5, 0.6) is 0 Å². The molecule has 0 spiro atoms. The summed E-state index contributed by atoms with van der Waals surface area (Å²) < 4.78 is 15.4. The van der Waals surface area contributed by atoms with Crippen LogP contribution in [-0.4, -0.2) is 0 Å². The third kappa shape index (κ3) is 4.20. The molecule has 1 fully saturated rings. The van der Waals surface area contributed by atoms with Gasteiger partial charge in [0.15, 0.2) is 0 Å². The van der Waals surface area contributed by atoms with Gasteiger partial charge in [0, 0.05) is 5.02 Å². The Morgan fingerprint density at radius 1 is 0.605 bits per heavy atom. The summed E-state index contributed by atoms with van der Waals surface area (Å²) in [6.45, 7) is 0. The van der Waals surface area contributed by atoms with E-state index < -0.39 is 0 Å². The number of fused-ring (bicyclic) bond motifs is 5. The third-order valence-electron chi connectivity index (χ3n) is 9.74. The molecule has 0 amide bonds. The molecule has 0 nitrogen and oxygen atoms in total. The molecule has 7 rings (SSSR count). The quantitative estimate of drug-likeness (QED) is 0.252. The second kappa shape index (κ2) is 10.0. The highest BCUT2D eigenvalue weighted by Gasteiger charge is 2.39. The molecule has 3 aliphatic rings. The molecule has 192 valence electrons. The maximum Gasteiger partial charge on any atom is 0.126 e. The van der Waals surface area contributed by atoms with Crippen LogP contribution in [0.4, 0.5) is 4.39 Å². The Morgan fingerprint density at radius 2 is 1.34 bits per heavy atom. The standard InChI is InChI=1S/C36H34ClF/c37-27-17-14-24(15-18-27)31-20-26-16-19-30-28-11-5-4-10-25(28)21-32(23-8-2-1-3-9-23)36(30)33(26)22-34(31)29-12-6-7-13-35(29)38/h4-7,10-19,23,31-32,34H,1-3,8-9,20-22H2. The van der Waals surface area contributed by atoms with Crippen LogP contribution in [0, 0.1) is 11.7 Å². The van der Waals surface area contributed by atoms with Gasteiger partial charge in [-0.05, 0) is 118 Å². The van der Waals surface area contributed by atoms with Crippen molar-refractivity contribution in [1.29, 1.82) is 0 Å². The molecule has 3 atom stereocenters. The van der Waals surface area contributed by atoms with Crippen molar-refractivity contribution in [2.75, 3.05) is 0 Å². The number of rotatable bonds is 3. The molecule has 0 N–H and O–H groups in total. The molecule has 4 aromatic rings. The van der Waals surface area contributed by atoms with Crippen LogP contribution in [0.2, 0.25) is 5.02 Å². The van der Waals surface area contributed by atoms with E-state index in [1.165, 1.54) is 65.5 Å². The SMILES string of the molecule is Fc1ccccc1C1Cc2c(ccc3c2C(C2CCCCC2)Cc2ccccc2-3)CC1c1ccc(Cl)cc1. The van der Waals surface area contributed by atoms with Crippen LogP contribution in [0.25, 0.3) is 11.1 Å². The minimum absolute atomic E-state index is 0.0844. The first kappa shape index (κ1) is 24.2. The van der Waals surface area contributed by atoms with Crippen molar-refractivity contribution < 1.29 is 4.39 Å². The Bertz CT molecular complexity index is 1460. The van der Waals surface area contributed by atoms with Crippen LogP contribution in [0.3, 0.4) is 0 Å². The normalized spacial score (nSPS) is 22.8. The van der Waals surface area contributed by atoms with Gasteiger partial charge in [0.05, 0.1) is 0 Å². The van der Waals surface area contributed by atoms with Crippen molar-refractivity contribution in [2.45, 2.75) is 69.1 Å². The van der Waals surface area contributed by atoms with E-state index in [0.717, 1.165) is 35.8 Å². The molecule has 0 aliphatic heterocycles. The lowest BCUT2D eigenvalue weighted by atomic mass is 9.63. The van der Waals surface area contributed by atoms with Crippen LogP contribution >= 0.6 is 11.6 Å². The van der Waals surface area contributed by atoms with E-state index in [1.807, 2.05) is 30.3 Å². The summed E-state index contributed by atoms with van der Waals surface area (Å²) in [5, 5.41) is 0.746. The second-order valence-corrected chi connectivity index (χ2v) is 12.2. The fourth-order valence-electron chi connectivity index (χ4n) is 7.94. The van der Waals surface area contributed by atoms with Crippen LogP contribution < -0.4 is 0 Å². The predicted octanol–water partition coefficient (Wildman–Crippen LogP) is 10.0. The predicted molar refractivity (Wildman–Crippen MR) is 156 cm³/mol. The van der Waals surface area contributed by atoms with Gasteiger partial charge in [-0.1, -0.05) is 97.6 Å². The average molecular weight is 521 g/mol. The van der Waals surface area contributed by atoms with E-state index in [1.54, 1.807) is 11.6 Å². The zero-order valence-corrected chi connectivity index (χ0v) is 22.6. The van der Waals surface area contributed by atoms with Crippen molar-refractivity contribution in [3.63, 3.8) is 0 Å². The largest absolute Gasteiger partial charge is 0.207 e. The van der Waals surface area contributed by atoms with Crippen molar-refractivity contribution in [3.05, 3.63) is 129 Å². The van der Waals surface area contributed by atoms with Gasteiger partial charge < -0.3 is 0 Å². The maximum absolute atomic E-state index is 15.4. The van der Waals surface area contributed by atoms with E-state index in [4.69, 9.17) is 11.6 Å². The molecule has 0 heterocycles. The second-order valence-electron chi connectivity index (χ2n) is 11.7. The van der Waals surface area contributed by atoms with E-state index in [0.29, 0.717) is 5.92 Å². The summed E-state index contributed by atoms with van der Waals surface area (Å²) in [7, 11) is 0. The fourth-order valence-corrected chi connectivity index (χ4v) is 8.07. The van der Waals surface area contributed by atoms with Crippen molar-refractivity contribution in [3.8, 4) is 11.1 Å². The molecule has 2 heteroatoms. The Balaban J connectivity index is 1.40. The van der Waals surface area contributed by atoms with Gasteiger partial charge in [0.1, 0.15) is 5.82 Å². The molecular formula is C36H34ClF. The van der Waals surface area contributed by atoms with E-state index in [9.17, 15) is 0 Å². The van der Waals surface area contributed by atoms with E-state index in [-0.39, 0.29) is 17.7 Å². The summed E-state index contributed by atoms with van der Waals surface area (Å²) in [6, 6.07) is 29.5. The molecule has 3 aliphatic carbocycles. The number of benzene rings is 4. The monoisotopic (exact) mass is 520 g/mol. The zero-order chi connectivity index (χ0) is 25.6. The van der Waals surface area contributed by atoms with Gasteiger partial charge in [-0.3, -0.25) is 0 Å². The number of hydrogen-bond acceptors (Lipinski definition) is 0. The third-order valence-corrected chi connectivity index (χ3v) is 10.00. The van der Waals surface area contributed by atoms with Crippen LogP contribution in [0.1, 0.15) is 83.2 Å². The Kier molecular flexibility index (Phi) is 6.36. The molecule has 3 unspecified atom stereocenters. The maximum atomic E-state index is 15.4. The van der Waals surface area contributed by atoms with Gasteiger partial charge in [-0.25, -0.2) is 4.39 Å². The van der Waals surface area contributed by atoms with Gasteiger partial charge in [0.25, 0.3) is 0 Å². The Morgan fingerprint density at radius 3 is 2.16 bits per heavy atom. The molecule has 4 aromatic carbocycles. The first-order valence-electron chi connectivity index (χ1n) is 14.4. The van der Waals surface area contributed by atoms with E-state index in [2.05, 4.69) is 48.5 Å². The van der Waals surface area contributed by atoms with Gasteiger partial charge >= 0.3 is 0 Å². The summed E-state index contributed by atoms with van der Waals surface area (Å²) in [6.07, 6.45) is 9.70. The Labute approximate surface area is 230 Å². The summed E-state index contributed by atoms with van der Waals surface area (Å²) in [4.78, 5) is 0. The first-order chi connectivity index (χ1) is 18.7. The summed E-state index contributed by atoms with van der Waals surface area (Å²) >= 11 is 6.26. The zero-order valence-electron chi connectivity index (χ0n) is 21.8. The van der Waals surface area contributed by atoms with Crippen LogP contribution in [-0.2, 0) is 19.3 Å². The topological polar surface area (TPSA) is 0 Å². The van der Waals surface area contributed by atoms with Gasteiger partial charge in [-0.15, -0.1) is 0 Å². The molecule has 0 bridgehead atoms. The lowest BCUT2D eigenvalue weighted by Crippen LogP contribution is -2.28. The highest BCUT2D eigenvalue weighted by Crippen LogP contribution is 2.52. The average Bonchev–Trinajstić information content (AvgIpc) is 2.97. The smallest absolute Gasteiger partial charge is 0.126 e. The molecule has 0 aromatic heterocycles. The van der Waals surface area contributed by atoms with Crippen molar-refractivity contribution >= 4 is 11.6 Å². The highest BCUT2D eigenvalue weighted by molar-refractivity contribution is 6.30. The first-order valence-corrected chi connectivity index (χ1v) is 14.8. The molecular weight excluding hydrogens is 487 g/mol. The molecule has 0 saturated heterocycles. The highest BCUT2D eigenvalue weighted by atomic mass is 35.5. The number of halogens is 2. The molecule has 1 saturated carbocycles. The lowest BCUT2D eigenvalue weighted by Gasteiger charge is -2.41. The van der Waals surface area contributed by atoms with Crippen molar-refractivity contribution in [2.24, 2.45) is 5.92 Å². The van der Waals surface area contributed by atoms with Gasteiger partial charge in [0.2, 0.25) is 0 Å². The number of hydrogen-bond donors (Lipinski definition) is 0. The Hall–Kier alpha value is -2.90. The minimum atomic E-state index is -0.0844. The van der Waals surface area contributed by atoms with Crippen molar-refractivity contribution in [1.82, 2.24) is 0 Å². The van der Waals surface area contributed by atoms with Gasteiger partial charge in [-0.2, -0.15) is 0 Å². The lowest BCUT2D eigenvalue weighted by molar-refractivity contribution is 0.299. The molecule has 0 radical (unpaired) electrons. The molecule has 38 heavy (non-hydrogen) atoms. The summed E-state index contributed by atoms with van der Waals surface area (Å²) in [5.41, 5.74) is 11.0.